The van der Waals surface area contributed by atoms with E-state index in [1.807, 2.05) is 0 Å². The second-order valence-corrected chi connectivity index (χ2v) is 7.92. The number of methoxy groups -OCH3 is 1. The molecule has 158 valence electrons. The van der Waals surface area contributed by atoms with Gasteiger partial charge in [-0.1, -0.05) is 0 Å². The fraction of sp³-hybridized carbons (Fsp3) is 0.333. The predicted octanol–water partition coefficient (Wildman–Crippen LogP) is 2.43. The highest BCUT2D eigenvalue weighted by atomic mass is 32.2. The molecule has 0 saturated carbocycles. The molecule has 30 heavy (non-hydrogen) atoms. The Morgan fingerprint density at radius 1 is 1.37 bits per heavy atom. The normalized spacial score (nSPS) is 24.5. The van der Waals surface area contributed by atoms with Crippen LogP contribution in [0.5, 0.6) is 5.88 Å². The van der Waals surface area contributed by atoms with Gasteiger partial charge in [-0.3, -0.25) is 4.79 Å². The maximum atomic E-state index is 15.0. The first-order valence-corrected chi connectivity index (χ1v) is 9.64. The van der Waals surface area contributed by atoms with Crippen molar-refractivity contribution in [2.75, 3.05) is 12.4 Å². The molecule has 2 aliphatic rings. The number of hydrogen-bond donors (Lipinski definition) is 2. The van der Waals surface area contributed by atoms with Crippen LogP contribution in [0.1, 0.15) is 21.6 Å². The first kappa shape index (κ1) is 20.3. The number of nitrogens with two attached hydrogens (primary N) is 1. The number of hydrogen-bond acceptors (Lipinski definition) is 8. The van der Waals surface area contributed by atoms with Crippen molar-refractivity contribution in [3.8, 4) is 5.88 Å². The number of carbonyl (C=O) groups is 1. The van der Waals surface area contributed by atoms with Crippen LogP contribution >= 0.6 is 11.8 Å². The number of benzene rings is 1. The van der Waals surface area contributed by atoms with E-state index < -0.39 is 40.4 Å². The summed E-state index contributed by atoms with van der Waals surface area (Å²) in [6.07, 6.45) is -0.595. The molecule has 12 heteroatoms. The van der Waals surface area contributed by atoms with Gasteiger partial charge >= 0.3 is 0 Å². The van der Waals surface area contributed by atoms with Crippen molar-refractivity contribution in [3.63, 3.8) is 0 Å². The number of nitrogens with one attached hydrogen (secondary N) is 1. The minimum Gasteiger partial charge on any atom is -0.480 e. The van der Waals surface area contributed by atoms with Crippen LogP contribution in [-0.4, -0.2) is 46.1 Å². The lowest BCUT2D eigenvalue weighted by Gasteiger charge is -2.32. The Hall–Kier alpha value is -3.02. The molecule has 0 spiro atoms. The standard InChI is InChI=1S/C18H16F3N5O3S/c1-7-3-8(25-14(27)10-5-24-11(28-2)6-23-10)4-9(12(7)19)18(16(20)21)13-15(30-13)29-17(22)26-18/h3-6,13,15-16H,1-2H3,(H2,22,26)(H,25,27)/t13-,15+,18+/m0/s1. The Morgan fingerprint density at radius 3 is 2.77 bits per heavy atom. The third kappa shape index (κ3) is 3.30. The number of amides is 1. The van der Waals surface area contributed by atoms with Crippen LogP contribution in [0.3, 0.4) is 0 Å². The van der Waals surface area contributed by atoms with E-state index >= 15 is 0 Å². The maximum absolute atomic E-state index is 15.0. The van der Waals surface area contributed by atoms with Crippen molar-refractivity contribution in [1.82, 2.24) is 9.97 Å². The topological polar surface area (TPSA) is 112 Å². The van der Waals surface area contributed by atoms with Crippen molar-refractivity contribution >= 4 is 29.4 Å². The first-order chi connectivity index (χ1) is 14.3. The second kappa shape index (κ2) is 7.35. The molecular formula is C18H16F3N5O3S. The molecule has 3 N–H and O–H groups in total. The molecular weight excluding hydrogens is 423 g/mol. The van der Waals surface area contributed by atoms with E-state index in [9.17, 15) is 18.0 Å². The number of aromatic nitrogens is 2. The van der Waals surface area contributed by atoms with Crippen LogP contribution in [0.15, 0.2) is 29.5 Å². The number of aliphatic imine (C=N–C) groups is 1. The number of anilines is 1. The molecule has 0 radical (unpaired) electrons. The summed E-state index contributed by atoms with van der Waals surface area (Å²) in [5.41, 5.74) is 2.51. The molecule has 1 aromatic carbocycles. The molecule has 2 aromatic rings. The molecule has 0 unspecified atom stereocenters. The zero-order valence-corrected chi connectivity index (χ0v) is 16.5. The van der Waals surface area contributed by atoms with E-state index in [1.54, 1.807) is 0 Å². The molecule has 1 fully saturated rings. The minimum absolute atomic E-state index is 0.0333. The van der Waals surface area contributed by atoms with Gasteiger partial charge in [0.15, 0.2) is 11.0 Å². The SMILES string of the molecule is COc1cnc(C(=O)Nc2cc(C)c(F)c([C@@]3(C(F)F)N=C(N)O[C@@H]4S[C@@H]43)c2)cn1. The molecule has 4 rings (SSSR count). The van der Waals surface area contributed by atoms with E-state index in [0.717, 1.165) is 17.8 Å². The highest BCUT2D eigenvalue weighted by Gasteiger charge is 2.65. The second-order valence-electron chi connectivity index (χ2n) is 6.67. The molecule has 3 atom stereocenters. The third-order valence-corrected chi connectivity index (χ3v) is 5.99. The fourth-order valence-electron chi connectivity index (χ4n) is 3.26. The Kier molecular flexibility index (Phi) is 4.96. The highest BCUT2D eigenvalue weighted by Crippen LogP contribution is 2.59. The van der Waals surface area contributed by atoms with Gasteiger partial charge in [-0.2, -0.15) is 0 Å². The van der Waals surface area contributed by atoms with Gasteiger partial charge in [0.05, 0.1) is 24.8 Å². The molecule has 3 heterocycles. The number of aryl methyl sites for hydroxylation is 1. The fourth-order valence-corrected chi connectivity index (χ4v) is 4.37. The van der Waals surface area contributed by atoms with E-state index in [-0.39, 0.29) is 28.4 Å². The quantitative estimate of drug-likeness (QED) is 0.688. The summed E-state index contributed by atoms with van der Waals surface area (Å²) in [6, 6.07) is 2.04. The number of carbonyl (C=O) groups excluding carboxylic acids is 1. The van der Waals surface area contributed by atoms with E-state index in [4.69, 9.17) is 15.2 Å². The average molecular weight is 439 g/mol. The monoisotopic (exact) mass is 439 g/mol. The number of ether oxygens (including phenoxy) is 2. The molecule has 1 saturated heterocycles. The number of halogens is 3. The molecule has 1 amide bonds. The van der Waals surface area contributed by atoms with Crippen LogP contribution in [0.2, 0.25) is 0 Å². The lowest BCUT2D eigenvalue weighted by Crippen LogP contribution is -2.46. The summed E-state index contributed by atoms with van der Waals surface area (Å²) in [5.74, 6) is -1.28. The van der Waals surface area contributed by atoms with Crippen LogP contribution in [0.25, 0.3) is 0 Å². The zero-order chi connectivity index (χ0) is 21.6. The van der Waals surface area contributed by atoms with Crippen molar-refractivity contribution < 1.29 is 27.4 Å². The highest BCUT2D eigenvalue weighted by molar-refractivity contribution is 8.07. The zero-order valence-electron chi connectivity index (χ0n) is 15.7. The Bertz CT molecular complexity index is 1040. The summed E-state index contributed by atoms with van der Waals surface area (Å²) >= 11 is 1.09. The molecule has 8 nitrogen and oxygen atoms in total. The van der Waals surface area contributed by atoms with E-state index in [0.29, 0.717) is 0 Å². The van der Waals surface area contributed by atoms with Gasteiger partial charge in [0.2, 0.25) is 5.88 Å². The van der Waals surface area contributed by atoms with E-state index in [2.05, 4.69) is 20.3 Å². The van der Waals surface area contributed by atoms with Crippen molar-refractivity contribution in [1.29, 1.82) is 0 Å². The maximum Gasteiger partial charge on any atom is 0.284 e. The van der Waals surface area contributed by atoms with Crippen LogP contribution in [0.4, 0.5) is 18.9 Å². The summed E-state index contributed by atoms with van der Waals surface area (Å²) in [7, 11) is 1.40. The van der Waals surface area contributed by atoms with Crippen LogP contribution in [0, 0.1) is 12.7 Å². The smallest absolute Gasteiger partial charge is 0.284 e. The van der Waals surface area contributed by atoms with Gasteiger partial charge < -0.3 is 20.5 Å². The number of thioether (sulfide) groups is 1. The number of alkyl halides is 2. The summed E-state index contributed by atoms with van der Waals surface area (Å²) in [6.45, 7) is 1.41. The average Bonchev–Trinajstić information content (AvgIpc) is 3.49. The Morgan fingerprint density at radius 2 is 2.13 bits per heavy atom. The van der Waals surface area contributed by atoms with Crippen molar-refractivity contribution in [2.45, 2.75) is 29.6 Å². The third-order valence-electron chi connectivity index (χ3n) is 4.76. The van der Waals surface area contributed by atoms with Gasteiger partial charge in [-0.15, -0.1) is 11.8 Å². The number of nitrogens with zero attached hydrogens (tertiary/aromatic N) is 3. The van der Waals surface area contributed by atoms with Gasteiger partial charge in [-0.05, 0) is 24.6 Å². The summed E-state index contributed by atoms with van der Waals surface area (Å²) in [4.78, 5) is 24.1. The van der Waals surface area contributed by atoms with Gasteiger partial charge in [0.1, 0.15) is 11.5 Å². The Balaban J connectivity index is 1.72. The summed E-state index contributed by atoms with van der Waals surface area (Å²) in [5, 5.41) is 1.73. The van der Waals surface area contributed by atoms with Crippen molar-refractivity contribution in [2.24, 2.45) is 10.7 Å². The molecule has 0 bridgehead atoms. The van der Waals surface area contributed by atoms with E-state index in [1.165, 1.54) is 32.5 Å². The first-order valence-electron chi connectivity index (χ1n) is 8.70. The van der Waals surface area contributed by atoms with Gasteiger partial charge in [0, 0.05) is 11.3 Å². The molecule has 2 aliphatic heterocycles. The van der Waals surface area contributed by atoms with Gasteiger partial charge in [0.25, 0.3) is 18.4 Å². The summed E-state index contributed by atoms with van der Waals surface area (Å²) < 4.78 is 53.5. The largest absolute Gasteiger partial charge is 0.480 e. The molecule has 1 aromatic heterocycles. The van der Waals surface area contributed by atoms with Crippen LogP contribution < -0.4 is 15.8 Å². The Labute approximate surface area is 173 Å². The number of rotatable bonds is 5. The molecule has 0 aliphatic carbocycles. The number of fused-ring (bicyclic) bond motifs is 1. The lowest BCUT2D eigenvalue weighted by molar-refractivity contribution is 0.0351. The van der Waals surface area contributed by atoms with Crippen molar-refractivity contribution in [3.05, 3.63) is 47.2 Å². The minimum atomic E-state index is -3.05. The van der Waals surface area contributed by atoms with Gasteiger partial charge in [-0.25, -0.2) is 28.1 Å². The number of amidine groups is 1. The predicted molar refractivity (Wildman–Crippen MR) is 103 cm³/mol. The lowest BCUT2D eigenvalue weighted by atomic mass is 9.85. The van der Waals surface area contributed by atoms with Crippen LogP contribution in [-0.2, 0) is 10.3 Å².